The molecule has 43 heavy (non-hydrogen) atoms. The summed E-state index contributed by atoms with van der Waals surface area (Å²) in [5.41, 5.74) is 8.36. The zero-order valence-corrected chi connectivity index (χ0v) is 23.7. The summed E-state index contributed by atoms with van der Waals surface area (Å²) in [5, 5.41) is 7.65. The summed E-state index contributed by atoms with van der Waals surface area (Å²) in [7, 11) is 0. The van der Waals surface area contributed by atoms with Crippen LogP contribution < -0.4 is 4.90 Å². The minimum Gasteiger partial charge on any atom is -0.311 e. The Bertz CT molecular complexity index is 2180. The van der Waals surface area contributed by atoms with E-state index >= 15 is 0 Å². The van der Waals surface area contributed by atoms with Gasteiger partial charge in [-0.2, -0.15) is 0 Å². The van der Waals surface area contributed by atoms with E-state index in [9.17, 15) is 0 Å². The summed E-state index contributed by atoms with van der Waals surface area (Å²) in [6.45, 7) is 0. The Morgan fingerprint density at radius 3 is 1.44 bits per heavy atom. The first kappa shape index (κ1) is 25.1. The lowest BCUT2D eigenvalue weighted by atomic mass is 9.92. The van der Waals surface area contributed by atoms with Gasteiger partial charge in [-0.3, -0.25) is 0 Å². The van der Waals surface area contributed by atoms with Gasteiger partial charge in [-0.15, -0.1) is 0 Å². The van der Waals surface area contributed by atoms with Crippen molar-refractivity contribution in [1.82, 2.24) is 0 Å². The topological polar surface area (TPSA) is 3.24 Å². The molecular weight excluding hydrogens is 518 g/mol. The maximum Gasteiger partial charge on any atom is 0.0462 e. The van der Waals surface area contributed by atoms with Crippen molar-refractivity contribution < 1.29 is 0 Å². The van der Waals surface area contributed by atoms with E-state index in [0.717, 1.165) is 17.1 Å². The normalized spacial score (nSPS) is 11.3. The van der Waals surface area contributed by atoms with Crippen molar-refractivity contribution in [3.05, 3.63) is 176 Å². The zero-order valence-electron chi connectivity index (χ0n) is 23.7. The van der Waals surface area contributed by atoms with Gasteiger partial charge >= 0.3 is 0 Å². The third kappa shape index (κ3) is 4.62. The number of hydrogen-bond donors (Lipinski definition) is 0. The Kier molecular flexibility index (Phi) is 6.20. The molecule has 8 aromatic rings. The van der Waals surface area contributed by atoms with Crippen LogP contribution in [-0.4, -0.2) is 0 Å². The quantitative estimate of drug-likeness (QED) is 0.194. The Hall–Kier alpha value is -5.66. The highest BCUT2D eigenvalue weighted by atomic mass is 15.1. The molecule has 0 aliphatic carbocycles. The highest BCUT2D eigenvalue weighted by Gasteiger charge is 2.13. The molecule has 202 valence electrons. The van der Waals surface area contributed by atoms with Crippen LogP contribution in [0.4, 0.5) is 17.1 Å². The molecule has 8 rings (SSSR count). The Morgan fingerprint density at radius 1 is 0.279 bits per heavy atom. The SMILES string of the molecule is c1ccc(N(c2ccccc2)c2ccc(-c3ccc4cc(-c5cc6ccccc6c6ccccc56)ccc4c3)cc2)cc1. The Morgan fingerprint density at radius 2 is 0.767 bits per heavy atom. The highest BCUT2D eigenvalue weighted by Crippen LogP contribution is 2.38. The first-order valence-electron chi connectivity index (χ1n) is 14.8. The van der Waals surface area contributed by atoms with Crippen LogP contribution in [-0.2, 0) is 0 Å². The average Bonchev–Trinajstić information content (AvgIpc) is 3.09. The van der Waals surface area contributed by atoms with Gasteiger partial charge in [0.25, 0.3) is 0 Å². The minimum absolute atomic E-state index is 1.13. The Labute approximate surface area is 251 Å². The van der Waals surface area contributed by atoms with Crippen LogP contribution in [0.5, 0.6) is 0 Å². The van der Waals surface area contributed by atoms with E-state index in [4.69, 9.17) is 0 Å². The van der Waals surface area contributed by atoms with Gasteiger partial charge < -0.3 is 4.90 Å². The van der Waals surface area contributed by atoms with E-state index in [2.05, 4.69) is 181 Å². The zero-order chi connectivity index (χ0) is 28.6. The van der Waals surface area contributed by atoms with Gasteiger partial charge in [0.2, 0.25) is 0 Å². The molecule has 0 saturated heterocycles. The molecule has 1 heteroatoms. The molecule has 8 aromatic carbocycles. The van der Waals surface area contributed by atoms with Gasteiger partial charge in [0.1, 0.15) is 0 Å². The van der Waals surface area contributed by atoms with Crippen LogP contribution in [0.2, 0.25) is 0 Å². The molecule has 0 unspecified atom stereocenters. The maximum absolute atomic E-state index is 2.34. The first-order valence-corrected chi connectivity index (χ1v) is 14.8. The van der Waals surface area contributed by atoms with E-state index < -0.39 is 0 Å². The van der Waals surface area contributed by atoms with E-state index in [1.807, 2.05) is 0 Å². The number of para-hydroxylation sites is 2. The van der Waals surface area contributed by atoms with Crippen LogP contribution in [0, 0.1) is 0 Å². The highest BCUT2D eigenvalue weighted by molar-refractivity contribution is 6.14. The van der Waals surface area contributed by atoms with Gasteiger partial charge in [0, 0.05) is 17.1 Å². The molecule has 0 saturated carbocycles. The van der Waals surface area contributed by atoms with E-state index in [-0.39, 0.29) is 0 Å². The van der Waals surface area contributed by atoms with E-state index in [1.54, 1.807) is 0 Å². The van der Waals surface area contributed by atoms with Crippen molar-refractivity contribution >= 4 is 49.4 Å². The molecular formula is C42H29N. The first-order chi connectivity index (χ1) is 21.3. The second-order valence-corrected chi connectivity index (χ2v) is 11.0. The standard InChI is InChI=1S/C42H29N/c1-3-12-36(13-4-1)43(37-14-5-2-6-15-37)38-25-23-30(24-26-38)31-19-20-33-28-35(22-21-32(33)27-31)42-29-34-11-7-8-16-39(34)40-17-9-10-18-41(40)42/h1-29H. The van der Waals surface area contributed by atoms with Crippen molar-refractivity contribution in [2.75, 3.05) is 4.90 Å². The molecule has 0 aromatic heterocycles. The molecule has 0 heterocycles. The second kappa shape index (κ2) is 10.6. The average molecular weight is 548 g/mol. The Balaban J connectivity index is 1.15. The third-order valence-electron chi connectivity index (χ3n) is 8.41. The summed E-state index contributed by atoms with van der Waals surface area (Å²) in [5.74, 6) is 0. The fraction of sp³-hybridized carbons (Fsp3) is 0. The smallest absolute Gasteiger partial charge is 0.0462 e. The van der Waals surface area contributed by atoms with Gasteiger partial charge in [0.05, 0.1) is 0 Å². The summed E-state index contributed by atoms with van der Waals surface area (Å²) in [4.78, 5) is 2.29. The lowest BCUT2D eigenvalue weighted by Crippen LogP contribution is -2.09. The summed E-state index contributed by atoms with van der Waals surface area (Å²) in [6, 6.07) is 63.4. The second-order valence-electron chi connectivity index (χ2n) is 11.0. The van der Waals surface area contributed by atoms with Crippen molar-refractivity contribution in [2.45, 2.75) is 0 Å². The van der Waals surface area contributed by atoms with Crippen LogP contribution in [0.1, 0.15) is 0 Å². The van der Waals surface area contributed by atoms with Crippen molar-refractivity contribution in [1.29, 1.82) is 0 Å². The fourth-order valence-electron chi connectivity index (χ4n) is 6.29. The molecule has 0 N–H and O–H groups in total. The lowest BCUT2D eigenvalue weighted by molar-refractivity contribution is 1.28. The molecule has 0 bridgehead atoms. The molecule has 0 atom stereocenters. The van der Waals surface area contributed by atoms with Crippen LogP contribution in [0.15, 0.2) is 176 Å². The number of anilines is 3. The van der Waals surface area contributed by atoms with Crippen LogP contribution in [0.25, 0.3) is 54.6 Å². The largest absolute Gasteiger partial charge is 0.311 e. The number of benzene rings is 8. The third-order valence-corrected chi connectivity index (χ3v) is 8.41. The summed E-state index contributed by atoms with van der Waals surface area (Å²) < 4.78 is 0. The van der Waals surface area contributed by atoms with Crippen LogP contribution in [0.3, 0.4) is 0 Å². The predicted molar refractivity (Wildman–Crippen MR) is 185 cm³/mol. The number of nitrogens with zero attached hydrogens (tertiary/aromatic N) is 1. The van der Waals surface area contributed by atoms with E-state index in [1.165, 1.54) is 54.6 Å². The fourth-order valence-corrected chi connectivity index (χ4v) is 6.29. The number of fused-ring (bicyclic) bond motifs is 4. The van der Waals surface area contributed by atoms with Gasteiger partial charge in [-0.25, -0.2) is 0 Å². The van der Waals surface area contributed by atoms with Crippen molar-refractivity contribution in [2.24, 2.45) is 0 Å². The van der Waals surface area contributed by atoms with Crippen LogP contribution >= 0.6 is 0 Å². The number of rotatable bonds is 5. The lowest BCUT2D eigenvalue weighted by Gasteiger charge is -2.25. The number of hydrogen-bond acceptors (Lipinski definition) is 1. The predicted octanol–water partition coefficient (Wildman–Crippen LogP) is 11.9. The van der Waals surface area contributed by atoms with Crippen molar-refractivity contribution in [3.63, 3.8) is 0 Å². The van der Waals surface area contributed by atoms with Gasteiger partial charge in [0.15, 0.2) is 0 Å². The molecule has 0 aliphatic heterocycles. The molecule has 0 spiro atoms. The summed E-state index contributed by atoms with van der Waals surface area (Å²) in [6.07, 6.45) is 0. The van der Waals surface area contributed by atoms with Gasteiger partial charge in [-0.1, -0.05) is 121 Å². The molecule has 0 aliphatic rings. The molecule has 0 radical (unpaired) electrons. The minimum atomic E-state index is 1.13. The summed E-state index contributed by atoms with van der Waals surface area (Å²) >= 11 is 0. The monoisotopic (exact) mass is 547 g/mol. The van der Waals surface area contributed by atoms with Crippen molar-refractivity contribution in [3.8, 4) is 22.3 Å². The molecule has 0 fully saturated rings. The maximum atomic E-state index is 2.34. The van der Waals surface area contributed by atoms with Gasteiger partial charge in [-0.05, 0) is 109 Å². The molecule has 1 nitrogen and oxygen atoms in total. The van der Waals surface area contributed by atoms with E-state index in [0.29, 0.717) is 0 Å². The molecule has 0 amide bonds.